The number of carbonyl (C=O) groups is 1. The van der Waals surface area contributed by atoms with Gasteiger partial charge in [-0.3, -0.25) is 4.79 Å². The summed E-state index contributed by atoms with van der Waals surface area (Å²) in [6, 6.07) is 4.16. The number of nitrogens with one attached hydrogen (secondary N) is 1. The minimum atomic E-state index is -0.526. The second-order valence-electron chi connectivity index (χ2n) is 5.96. The highest BCUT2D eigenvalue weighted by atomic mass is 19.1. The molecule has 0 aromatic heterocycles. The minimum Gasteiger partial charge on any atom is -0.354 e. The zero-order chi connectivity index (χ0) is 14.6. The van der Waals surface area contributed by atoms with Crippen molar-refractivity contribution in [1.29, 1.82) is 0 Å². The topological polar surface area (TPSA) is 55.1 Å². The highest BCUT2D eigenvalue weighted by Gasteiger charge is 2.26. The van der Waals surface area contributed by atoms with E-state index in [1.54, 1.807) is 6.07 Å². The van der Waals surface area contributed by atoms with Crippen molar-refractivity contribution in [3.05, 3.63) is 35.1 Å². The van der Waals surface area contributed by atoms with E-state index in [0.29, 0.717) is 13.0 Å². The zero-order valence-electron chi connectivity index (χ0n) is 12.1. The lowest BCUT2D eigenvalue weighted by Gasteiger charge is -2.25. The van der Waals surface area contributed by atoms with E-state index in [9.17, 15) is 9.18 Å². The van der Waals surface area contributed by atoms with E-state index in [0.717, 1.165) is 11.1 Å². The van der Waals surface area contributed by atoms with Crippen molar-refractivity contribution < 1.29 is 9.18 Å². The van der Waals surface area contributed by atoms with Gasteiger partial charge in [-0.25, -0.2) is 4.39 Å². The highest BCUT2D eigenvalue weighted by molar-refractivity contribution is 5.82. The van der Waals surface area contributed by atoms with E-state index in [2.05, 4.69) is 5.32 Å². The lowest BCUT2D eigenvalue weighted by atomic mass is 9.87. The van der Waals surface area contributed by atoms with Crippen LogP contribution in [-0.2, 0) is 11.2 Å². The number of hydrogen-bond donors (Lipinski definition) is 2. The molecular formula is C15H23FN2O. The largest absolute Gasteiger partial charge is 0.354 e. The van der Waals surface area contributed by atoms with Crippen molar-refractivity contribution >= 4 is 5.91 Å². The first-order valence-corrected chi connectivity index (χ1v) is 6.50. The van der Waals surface area contributed by atoms with Gasteiger partial charge in [0.05, 0.1) is 6.04 Å². The van der Waals surface area contributed by atoms with Crippen molar-refractivity contribution in [2.75, 3.05) is 6.54 Å². The average molecular weight is 266 g/mol. The normalized spacial score (nSPS) is 13.2. The van der Waals surface area contributed by atoms with Gasteiger partial charge < -0.3 is 11.1 Å². The smallest absolute Gasteiger partial charge is 0.237 e. The van der Waals surface area contributed by atoms with Gasteiger partial charge in [-0.2, -0.15) is 0 Å². The molecule has 0 saturated carbocycles. The molecule has 3 N–H and O–H groups in total. The van der Waals surface area contributed by atoms with Crippen LogP contribution in [0.25, 0.3) is 0 Å². The second-order valence-corrected chi connectivity index (χ2v) is 5.96. The van der Waals surface area contributed by atoms with E-state index in [1.807, 2.05) is 27.7 Å². The third kappa shape index (κ3) is 4.63. The fourth-order valence-electron chi connectivity index (χ4n) is 1.76. The quantitative estimate of drug-likeness (QED) is 0.877. The Morgan fingerprint density at radius 3 is 2.58 bits per heavy atom. The number of benzene rings is 1. The van der Waals surface area contributed by atoms with Crippen LogP contribution in [0, 0.1) is 18.2 Å². The molecule has 4 heteroatoms. The van der Waals surface area contributed by atoms with Crippen LogP contribution >= 0.6 is 0 Å². The number of aryl methyl sites for hydroxylation is 1. The molecule has 106 valence electrons. The summed E-state index contributed by atoms with van der Waals surface area (Å²) in [4.78, 5) is 11.8. The van der Waals surface area contributed by atoms with Gasteiger partial charge in [0.2, 0.25) is 5.91 Å². The Morgan fingerprint density at radius 1 is 1.42 bits per heavy atom. The number of hydrogen-bond acceptors (Lipinski definition) is 2. The van der Waals surface area contributed by atoms with Crippen molar-refractivity contribution in [2.24, 2.45) is 11.1 Å². The van der Waals surface area contributed by atoms with Crippen LogP contribution < -0.4 is 11.1 Å². The molecule has 0 aliphatic carbocycles. The van der Waals surface area contributed by atoms with E-state index >= 15 is 0 Å². The Labute approximate surface area is 114 Å². The van der Waals surface area contributed by atoms with Gasteiger partial charge in [-0.1, -0.05) is 26.8 Å². The number of amides is 1. The van der Waals surface area contributed by atoms with Crippen LogP contribution in [0.4, 0.5) is 4.39 Å². The van der Waals surface area contributed by atoms with E-state index in [1.165, 1.54) is 12.1 Å². The van der Waals surface area contributed by atoms with Crippen molar-refractivity contribution in [3.8, 4) is 0 Å². The van der Waals surface area contributed by atoms with Gasteiger partial charge in [0, 0.05) is 6.54 Å². The number of rotatable bonds is 4. The number of halogens is 1. The molecule has 0 radical (unpaired) electrons. The summed E-state index contributed by atoms with van der Waals surface area (Å²) in [5.41, 5.74) is 7.54. The SMILES string of the molecule is Cc1cc(F)ccc1CCNC(=O)[C@H](N)C(C)(C)C. The summed E-state index contributed by atoms with van der Waals surface area (Å²) in [5.74, 6) is -0.382. The molecule has 0 aliphatic heterocycles. The molecule has 1 atom stereocenters. The van der Waals surface area contributed by atoms with Gasteiger partial charge in [0.25, 0.3) is 0 Å². The molecule has 0 aliphatic rings. The van der Waals surface area contributed by atoms with E-state index < -0.39 is 6.04 Å². The van der Waals surface area contributed by atoms with Crippen LogP contribution in [0.15, 0.2) is 18.2 Å². The Bertz CT molecular complexity index is 452. The molecule has 1 aromatic rings. The maximum absolute atomic E-state index is 12.9. The number of nitrogens with two attached hydrogens (primary N) is 1. The average Bonchev–Trinajstić information content (AvgIpc) is 2.29. The maximum Gasteiger partial charge on any atom is 0.237 e. The third-order valence-electron chi connectivity index (χ3n) is 3.21. The second kappa shape index (κ2) is 6.15. The van der Waals surface area contributed by atoms with E-state index in [4.69, 9.17) is 5.73 Å². The highest BCUT2D eigenvalue weighted by Crippen LogP contribution is 2.17. The summed E-state index contributed by atoms with van der Waals surface area (Å²) >= 11 is 0. The molecule has 0 spiro atoms. The molecule has 1 rings (SSSR count). The Hall–Kier alpha value is -1.42. The first-order chi connectivity index (χ1) is 8.71. The molecule has 19 heavy (non-hydrogen) atoms. The fourth-order valence-corrected chi connectivity index (χ4v) is 1.76. The van der Waals surface area contributed by atoms with Crippen molar-refractivity contribution in [2.45, 2.75) is 40.2 Å². The van der Waals surface area contributed by atoms with Crippen molar-refractivity contribution in [3.63, 3.8) is 0 Å². The molecule has 0 bridgehead atoms. The Kier molecular flexibility index (Phi) is 5.06. The lowest BCUT2D eigenvalue weighted by Crippen LogP contribution is -2.49. The summed E-state index contributed by atoms with van der Waals surface area (Å²) in [6.07, 6.45) is 0.675. The predicted molar refractivity (Wildman–Crippen MR) is 75.3 cm³/mol. The summed E-state index contributed by atoms with van der Waals surface area (Å²) < 4.78 is 12.9. The van der Waals surface area contributed by atoms with Gasteiger partial charge in [-0.15, -0.1) is 0 Å². The maximum atomic E-state index is 12.9. The van der Waals surface area contributed by atoms with Crippen LogP contribution in [0.2, 0.25) is 0 Å². The molecule has 0 saturated heterocycles. The van der Waals surface area contributed by atoms with Gasteiger partial charge in [0.1, 0.15) is 5.82 Å². The third-order valence-corrected chi connectivity index (χ3v) is 3.21. The van der Waals surface area contributed by atoms with Crippen molar-refractivity contribution in [1.82, 2.24) is 5.32 Å². The molecule has 3 nitrogen and oxygen atoms in total. The standard InChI is InChI=1S/C15H23FN2O/c1-10-9-12(16)6-5-11(10)7-8-18-14(19)13(17)15(2,3)4/h5-6,9,13H,7-8,17H2,1-4H3,(H,18,19)/t13-/m0/s1. The summed E-state index contributed by atoms with van der Waals surface area (Å²) in [6.45, 7) is 8.17. The minimum absolute atomic E-state index is 0.146. The molecular weight excluding hydrogens is 243 g/mol. The monoisotopic (exact) mass is 266 g/mol. The van der Waals surface area contributed by atoms with Crippen LogP contribution in [0.3, 0.4) is 0 Å². The first kappa shape index (κ1) is 15.6. The molecule has 1 amide bonds. The number of carbonyl (C=O) groups excluding carboxylic acids is 1. The van der Waals surface area contributed by atoms with Crippen LogP contribution in [0.1, 0.15) is 31.9 Å². The zero-order valence-corrected chi connectivity index (χ0v) is 12.1. The molecule has 0 unspecified atom stereocenters. The predicted octanol–water partition coefficient (Wildman–Crippen LogP) is 2.17. The first-order valence-electron chi connectivity index (χ1n) is 6.50. The lowest BCUT2D eigenvalue weighted by molar-refractivity contribution is -0.124. The fraction of sp³-hybridized carbons (Fsp3) is 0.533. The van der Waals surface area contributed by atoms with Gasteiger partial charge in [0.15, 0.2) is 0 Å². The Morgan fingerprint density at radius 2 is 2.05 bits per heavy atom. The van der Waals surface area contributed by atoms with Crippen LogP contribution in [0.5, 0.6) is 0 Å². The van der Waals surface area contributed by atoms with Gasteiger partial charge >= 0.3 is 0 Å². The van der Waals surface area contributed by atoms with Crippen LogP contribution in [-0.4, -0.2) is 18.5 Å². The Balaban J connectivity index is 2.48. The summed E-state index contributed by atoms with van der Waals surface area (Å²) in [7, 11) is 0. The van der Waals surface area contributed by atoms with Gasteiger partial charge in [-0.05, 0) is 42.0 Å². The summed E-state index contributed by atoms with van der Waals surface area (Å²) in [5, 5.41) is 2.82. The molecule has 0 fully saturated rings. The van der Waals surface area contributed by atoms with E-state index in [-0.39, 0.29) is 17.1 Å². The molecule has 1 aromatic carbocycles. The molecule has 0 heterocycles.